The standard InChI is InChI=1S/C11H12ClF2N/c1-8(12)7-15-3-2-9-4-10(13)6-11(14)5-9/h4-6,15H,1-3,7H2. The van der Waals surface area contributed by atoms with E-state index in [1.165, 1.54) is 12.1 Å². The quantitative estimate of drug-likeness (QED) is 0.769. The second kappa shape index (κ2) is 5.83. The molecule has 1 nitrogen and oxygen atoms in total. The Hall–Kier alpha value is -0.930. The van der Waals surface area contributed by atoms with Gasteiger partial charge in [-0.2, -0.15) is 0 Å². The van der Waals surface area contributed by atoms with Gasteiger partial charge in [-0.1, -0.05) is 18.2 Å². The van der Waals surface area contributed by atoms with Crippen molar-refractivity contribution in [3.8, 4) is 0 Å². The summed E-state index contributed by atoms with van der Waals surface area (Å²) in [5.41, 5.74) is 0.625. The summed E-state index contributed by atoms with van der Waals surface area (Å²) in [7, 11) is 0. The number of rotatable bonds is 5. The third-order valence-electron chi connectivity index (χ3n) is 1.83. The lowest BCUT2D eigenvalue weighted by atomic mass is 10.1. The van der Waals surface area contributed by atoms with Gasteiger partial charge in [-0.25, -0.2) is 8.78 Å². The predicted molar refractivity (Wildman–Crippen MR) is 57.9 cm³/mol. The second-order valence-corrected chi connectivity index (χ2v) is 3.76. The van der Waals surface area contributed by atoms with Gasteiger partial charge in [0.2, 0.25) is 0 Å². The molecule has 1 rings (SSSR count). The molecule has 0 aromatic heterocycles. The van der Waals surface area contributed by atoms with Gasteiger partial charge in [0.15, 0.2) is 0 Å². The van der Waals surface area contributed by atoms with Crippen LogP contribution in [0.4, 0.5) is 8.78 Å². The van der Waals surface area contributed by atoms with E-state index in [2.05, 4.69) is 11.9 Å². The number of hydrogen-bond donors (Lipinski definition) is 1. The maximum Gasteiger partial charge on any atom is 0.126 e. The number of hydrogen-bond acceptors (Lipinski definition) is 1. The molecule has 15 heavy (non-hydrogen) atoms. The van der Waals surface area contributed by atoms with Gasteiger partial charge in [0.25, 0.3) is 0 Å². The molecule has 0 heterocycles. The lowest BCUT2D eigenvalue weighted by Gasteiger charge is -2.04. The van der Waals surface area contributed by atoms with Crippen molar-refractivity contribution >= 4 is 11.6 Å². The molecular weight excluding hydrogens is 220 g/mol. The Bertz CT molecular complexity index is 332. The predicted octanol–water partition coefficient (Wildman–Crippen LogP) is 2.85. The number of benzene rings is 1. The third kappa shape index (κ3) is 4.91. The summed E-state index contributed by atoms with van der Waals surface area (Å²) >= 11 is 5.53. The van der Waals surface area contributed by atoms with Gasteiger partial charge in [-0.3, -0.25) is 0 Å². The Balaban J connectivity index is 2.40. The lowest BCUT2D eigenvalue weighted by Crippen LogP contribution is -2.18. The Labute approximate surface area is 92.8 Å². The van der Waals surface area contributed by atoms with Crippen LogP contribution in [-0.2, 0) is 6.42 Å². The first-order valence-corrected chi connectivity index (χ1v) is 4.94. The van der Waals surface area contributed by atoms with E-state index >= 15 is 0 Å². The Morgan fingerprint density at radius 1 is 1.27 bits per heavy atom. The number of halogens is 3. The fourth-order valence-corrected chi connectivity index (χ4v) is 1.31. The molecule has 0 aliphatic carbocycles. The molecule has 0 atom stereocenters. The molecule has 0 radical (unpaired) electrons. The largest absolute Gasteiger partial charge is 0.311 e. The van der Waals surface area contributed by atoms with E-state index in [9.17, 15) is 8.78 Å². The molecule has 0 fully saturated rings. The summed E-state index contributed by atoms with van der Waals surface area (Å²) in [5.74, 6) is -1.10. The zero-order valence-corrected chi connectivity index (χ0v) is 8.95. The highest BCUT2D eigenvalue weighted by Crippen LogP contribution is 2.08. The molecule has 0 saturated carbocycles. The van der Waals surface area contributed by atoms with Crippen molar-refractivity contribution in [1.82, 2.24) is 5.32 Å². The van der Waals surface area contributed by atoms with Gasteiger partial charge in [-0.05, 0) is 30.7 Å². The van der Waals surface area contributed by atoms with Crippen LogP contribution in [-0.4, -0.2) is 13.1 Å². The second-order valence-electron chi connectivity index (χ2n) is 3.22. The van der Waals surface area contributed by atoms with Crippen molar-refractivity contribution in [3.63, 3.8) is 0 Å². The van der Waals surface area contributed by atoms with Crippen molar-refractivity contribution in [3.05, 3.63) is 47.0 Å². The maximum absolute atomic E-state index is 12.8. The van der Waals surface area contributed by atoms with Crippen molar-refractivity contribution in [2.24, 2.45) is 0 Å². The van der Waals surface area contributed by atoms with Crippen LogP contribution in [0.5, 0.6) is 0 Å². The third-order valence-corrected chi connectivity index (χ3v) is 1.96. The zero-order chi connectivity index (χ0) is 11.3. The Morgan fingerprint density at radius 2 is 1.87 bits per heavy atom. The maximum atomic E-state index is 12.8. The first-order valence-electron chi connectivity index (χ1n) is 4.57. The van der Waals surface area contributed by atoms with E-state index in [4.69, 9.17) is 11.6 Å². The summed E-state index contributed by atoms with van der Waals surface area (Å²) in [6, 6.07) is 3.50. The van der Waals surface area contributed by atoms with Gasteiger partial charge >= 0.3 is 0 Å². The van der Waals surface area contributed by atoms with Gasteiger partial charge in [-0.15, -0.1) is 0 Å². The average Bonchev–Trinajstić information content (AvgIpc) is 2.10. The van der Waals surface area contributed by atoms with Gasteiger partial charge in [0.05, 0.1) is 0 Å². The van der Waals surface area contributed by atoms with Crippen LogP contribution in [0.25, 0.3) is 0 Å². The van der Waals surface area contributed by atoms with Crippen LogP contribution in [0.2, 0.25) is 0 Å². The minimum Gasteiger partial charge on any atom is -0.311 e. The first kappa shape index (κ1) is 12.1. The first-order chi connectivity index (χ1) is 7.08. The van der Waals surface area contributed by atoms with Crippen molar-refractivity contribution < 1.29 is 8.78 Å². The average molecular weight is 232 g/mol. The minimum absolute atomic E-state index is 0.499. The minimum atomic E-state index is -0.549. The molecule has 0 aliphatic rings. The van der Waals surface area contributed by atoms with Crippen LogP contribution in [0.15, 0.2) is 29.8 Å². The highest BCUT2D eigenvalue weighted by molar-refractivity contribution is 6.29. The molecule has 82 valence electrons. The summed E-state index contributed by atoms with van der Waals surface area (Å²) in [6.07, 6.45) is 0.554. The summed E-state index contributed by atoms with van der Waals surface area (Å²) < 4.78 is 25.5. The summed E-state index contributed by atoms with van der Waals surface area (Å²) in [6.45, 7) is 4.62. The van der Waals surface area contributed by atoms with Crippen LogP contribution >= 0.6 is 11.6 Å². The van der Waals surface area contributed by atoms with Gasteiger partial charge in [0, 0.05) is 17.6 Å². The van der Waals surface area contributed by atoms with E-state index in [1.807, 2.05) is 0 Å². The van der Waals surface area contributed by atoms with Crippen LogP contribution in [0, 0.1) is 11.6 Å². The summed E-state index contributed by atoms with van der Waals surface area (Å²) in [4.78, 5) is 0. The molecule has 1 N–H and O–H groups in total. The molecular formula is C11H12ClF2N. The fraction of sp³-hybridized carbons (Fsp3) is 0.273. The molecule has 4 heteroatoms. The fourth-order valence-electron chi connectivity index (χ4n) is 1.21. The molecule has 1 aromatic carbocycles. The molecule has 0 amide bonds. The SMILES string of the molecule is C=C(Cl)CNCCc1cc(F)cc(F)c1. The molecule has 0 saturated heterocycles. The number of nitrogens with one attached hydrogen (secondary N) is 1. The van der Waals surface area contributed by atoms with Gasteiger partial charge in [0.1, 0.15) is 11.6 Å². The lowest BCUT2D eigenvalue weighted by molar-refractivity contribution is 0.578. The van der Waals surface area contributed by atoms with Crippen molar-refractivity contribution in [1.29, 1.82) is 0 Å². The monoisotopic (exact) mass is 231 g/mol. The highest BCUT2D eigenvalue weighted by Gasteiger charge is 2.00. The van der Waals surface area contributed by atoms with E-state index in [0.717, 1.165) is 6.07 Å². The van der Waals surface area contributed by atoms with Crippen LogP contribution < -0.4 is 5.32 Å². The highest BCUT2D eigenvalue weighted by atomic mass is 35.5. The zero-order valence-electron chi connectivity index (χ0n) is 8.19. The molecule has 0 bridgehead atoms. The van der Waals surface area contributed by atoms with E-state index in [-0.39, 0.29) is 0 Å². The molecule has 0 aliphatic heterocycles. The van der Waals surface area contributed by atoms with E-state index in [0.29, 0.717) is 30.1 Å². The van der Waals surface area contributed by atoms with Crippen molar-refractivity contribution in [2.75, 3.05) is 13.1 Å². The van der Waals surface area contributed by atoms with Gasteiger partial charge < -0.3 is 5.32 Å². The normalized spacial score (nSPS) is 10.3. The van der Waals surface area contributed by atoms with Crippen LogP contribution in [0.1, 0.15) is 5.56 Å². The Morgan fingerprint density at radius 3 is 2.40 bits per heavy atom. The topological polar surface area (TPSA) is 12.0 Å². The molecule has 0 unspecified atom stereocenters. The smallest absolute Gasteiger partial charge is 0.126 e. The van der Waals surface area contributed by atoms with Crippen LogP contribution in [0.3, 0.4) is 0 Å². The Kier molecular flexibility index (Phi) is 4.72. The van der Waals surface area contributed by atoms with Crippen molar-refractivity contribution in [2.45, 2.75) is 6.42 Å². The molecule has 1 aromatic rings. The van der Waals surface area contributed by atoms with E-state index in [1.54, 1.807) is 0 Å². The molecule has 0 spiro atoms. The summed E-state index contributed by atoms with van der Waals surface area (Å²) in [5, 5.41) is 3.51. The van der Waals surface area contributed by atoms with E-state index < -0.39 is 11.6 Å².